The van der Waals surface area contributed by atoms with Crippen molar-refractivity contribution in [1.29, 1.82) is 0 Å². The maximum Gasteiger partial charge on any atom is 0.334 e. The Bertz CT molecular complexity index is 1410. The maximum absolute atomic E-state index is 12.6. The number of nitro benzene ring substituents is 1. The number of hydrogen-bond donors (Lipinski definition) is 5. The van der Waals surface area contributed by atoms with Gasteiger partial charge >= 0.3 is 11.9 Å². The lowest BCUT2D eigenvalue weighted by Crippen LogP contribution is -2.35. The fourth-order valence-electron chi connectivity index (χ4n) is 5.03. The zero-order valence-electron chi connectivity index (χ0n) is 25.6. The molecular formula is C31H40N4O10. The van der Waals surface area contributed by atoms with Gasteiger partial charge in [0, 0.05) is 54.8 Å². The zero-order valence-corrected chi connectivity index (χ0v) is 25.6. The van der Waals surface area contributed by atoms with E-state index in [-0.39, 0.29) is 77.2 Å². The van der Waals surface area contributed by atoms with Crippen molar-refractivity contribution in [2.45, 2.75) is 58.6 Å². The number of nitro groups is 1. The molecule has 0 fully saturated rings. The van der Waals surface area contributed by atoms with Crippen LogP contribution in [0.3, 0.4) is 0 Å². The second kappa shape index (κ2) is 16.3. The molecule has 0 aromatic heterocycles. The average Bonchev–Trinajstić information content (AvgIpc) is 2.96. The van der Waals surface area contributed by atoms with Crippen LogP contribution in [0.25, 0.3) is 0 Å². The number of nitrogens with zero attached hydrogens (tertiary/aromatic N) is 2. The Morgan fingerprint density at radius 3 is 2.16 bits per heavy atom. The first-order chi connectivity index (χ1) is 20.8. The smallest absolute Gasteiger partial charge is 0.334 e. The van der Waals surface area contributed by atoms with Crippen molar-refractivity contribution in [2.75, 3.05) is 25.0 Å². The van der Waals surface area contributed by atoms with Crippen LogP contribution in [0.5, 0.6) is 5.75 Å². The fourth-order valence-corrected chi connectivity index (χ4v) is 5.03. The molecule has 14 heteroatoms. The van der Waals surface area contributed by atoms with Gasteiger partial charge in [0.2, 0.25) is 5.91 Å². The van der Waals surface area contributed by atoms with Crippen LogP contribution < -0.4 is 15.4 Å². The molecule has 1 amide bonds. The van der Waals surface area contributed by atoms with E-state index in [4.69, 9.17) is 4.74 Å². The Labute approximate surface area is 260 Å². The molecule has 2 aromatic carbocycles. The van der Waals surface area contributed by atoms with Crippen molar-refractivity contribution in [3.05, 3.63) is 86.7 Å². The third kappa shape index (κ3) is 9.60. The van der Waals surface area contributed by atoms with E-state index in [1.165, 1.54) is 24.3 Å². The average molecular weight is 629 g/mol. The molecule has 1 aliphatic heterocycles. The summed E-state index contributed by atoms with van der Waals surface area (Å²) in [5, 5.41) is 47.4. The number of non-ortho nitro benzene ring substituents is 1. The predicted molar refractivity (Wildman–Crippen MR) is 166 cm³/mol. The summed E-state index contributed by atoms with van der Waals surface area (Å²) in [4.78, 5) is 49.7. The Morgan fingerprint density at radius 2 is 1.62 bits per heavy atom. The number of carbonyl (C=O) groups excluding carboxylic acids is 1. The van der Waals surface area contributed by atoms with E-state index < -0.39 is 28.9 Å². The molecule has 3 rings (SSSR count). The van der Waals surface area contributed by atoms with Crippen molar-refractivity contribution in [3.8, 4) is 5.75 Å². The van der Waals surface area contributed by atoms with Gasteiger partial charge in [-0.3, -0.25) is 14.9 Å². The maximum atomic E-state index is 12.6. The predicted octanol–water partition coefficient (Wildman–Crippen LogP) is 3.04. The third-order valence-corrected chi connectivity index (χ3v) is 7.17. The molecular weight excluding hydrogens is 588 g/mol. The number of carboxylic acids is 2. The second-order valence-corrected chi connectivity index (χ2v) is 10.7. The van der Waals surface area contributed by atoms with Crippen LogP contribution in [0.1, 0.15) is 52.0 Å². The molecule has 244 valence electrons. The van der Waals surface area contributed by atoms with E-state index in [1.807, 2.05) is 13.8 Å². The van der Waals surface area contributed by atoms with Gasteiger partial charge in [0.05, 0.1) is 22.0 Å². The number of aliphatic hydroxyl groups is 1. The largest absolute Gasteiger partial charge is 0.491 e. The minimum atomic E-state index is -1.35. The lowest BCUT2D eigenvalue weighted by Gasteiger charge is -2.37. The van der Waals surface area contributed by atoms with E-state index in [0.29, 0.717) is 18.0 Å². The van der Waals surface area contributed by atoms with Gasteiger partial charge in [-0.25, -0.2) is 9.59 Å². The molecule has 1 unspecified atom stereocenters. The first-order valence-electron chi connectivity index (χ1n) is 14.1. The second-order valence-electron chi connectivity index (χ2n) is 10.7. The molecule has 1 heterocycles. The molecule has 1 aliphatic rings. The van der Waals surface area contributed by atoms with Crippen LogP contribution in [-0.2, 0) is 14.4 Å². The quantitative estimate of drug-likeness (QED) is 0.142. The third-order valence-electron chi connectivity index (χ3n) is 7.17. The first kappa shape index (κ1) is 36.4. The van der Waals surface area contributed by atoms with Crippen LogP contribution in [0.2, 0.25) is 0 Å². The Balaban J connectivity index is 0.00000705. The van der Waals surface area contributed by atoms with Crippen LogP contribution in [0.4, 0.5) is 11.4 Å². The van der Waals surface area contributed by atoms with Crippen molar-refractivity contribution < 1.29 is 44.8 Å². The highest BCUT2D eigenvalue weighted by molar-refractivity contribution is 5.98. The number of aliphatic hydroxyl groups excluding tert-OH is 1. The summed E-state index contributed by atoms with van der Waals surface area (Å²) in [6.07, 6.45) is -0.313. The summed E-state index contributed by atoms with van der Waals surface area (Å²) in [6.45, 7) is 7.76. The number of rotatable bonds is 15. The van der Waals surface area contributed by atoms with E-state index >= 15 is 0 Å². The standard InChI is InChI=1S/C31H38N4O9.H2O/c1-18(2)32-16-24(36)17-44-25-12-10-22(11-13-25)33-26(37)9-6-14-34-19(3)27(30(38)39)29(28(20(34)4)31(40)41)21-7-5-8-23(15-21)35(42)43;/h5,7-8,10-13,15,18,24,29,32,36H,6,9,14,16-17H2,1-4H3,(H,33,37)(H,38,39)(H,40,41);1H2. The molecule has 0 saturated heterocycles. The van der Waals surface area contributed by atoms with E-state index in [2.05, 4.69) is 10.6 Å². The van der Waals surface area contributed by atoms with E-state index in [9.17, 15) is 39.8 Å². The summed E-state index contributed by atoms with van der Waals surface area (Å²) in [7, 11) is 0. The normalized spacial score (nSPS) is 14.2. The monoisotopic (exact) mass is 628 g/mol. The molecule has 0 spiro atoms. The summed E-state index contributed by atoms with van der Waals surface area (Å²) >= 11 is 0. The van der Waals surface area contributed by atoms with Gasteiger partial charge in [-0.15, -0.1) is 0 Å². The number of carbonyl (C=O) groups is 3. The van der Waals surface area contributed by atoms with Crippen molar-refractivity contribution in [1.82, 2.24) is 10.2 Å². The minimum Gasteiger partial charge on any atom is -0.491 e. The molecule has 0 aliphatic carbocycles. The van der Waals surface area contributed by atoms with Crippen molar-refractivity contribution >= 4 is 29.2 Å². The molecule has 0 saturated carbocycles. The number of anilines is 1. The van der Waals surface area contributed by atoms with Crippen molar-refractivity contribution in [2.24, 2.45) is 0 Å². The lowest BCUT2D eigenvalue weighted by molar-refractivity contribution is -0.384. The highest BCUT2D eigenvalue weighted by Crippen LogP contribution is 2.42. The molecule has 14 nitrogen and oxygen atoms in total. The molecule has 1 atom stereocenters. The van der Waals surface area contributed by atoms with Gasteiger partial charge in [0.25, 0.3) is 5.69 Å². The lowest BCUT2D eigenvalue weighted by atomic mass is 9.79. The Kier molecular flexibility index (Phi) is 13.2. The number of benzene rings is 2. The summed E-state index contributed by atoms with van der Waals surface area (Å²) < 4.78 is 5.58. The van der Waals surface area contributed by atoms with Crippen LogP contribution >= 0.6 is 0 Å². The number of allylic oxidation sites excluding steroid dienone is 2. The first-order valence-corrected chi connectivity index (χ1v) is 14.1. The van der Waals surface area contributed by atoms with Gasteiger partial charge in [-0.1, -0.05) is 26.0 Å². The Morgan fingerprint density at radius 1 is 1.02 bits per heavy atom. The highest BCUT2D eigenvalue weighted by Gasteiger charge is 2.39. The fraction of sp³-hybridized carbons (Fsp3) is 0.387. The van der Waals surface area contributed by atoms with Crippen LogP contribution in [-0.4, -0.2) is 80.3 Å². The van der Waals surface area contributed by atoms with E-state index in [1.54, 1.807) is 43.0 Å². The minimum absolute atomic E-state index is 0. The molecule has 0 radical (unpaired) electrons. The van der Waals surface area contributed by atoms with Gasteiger partial charge < -0.3 is 41.1 Å². The topological polar surface area (TPSA) is 223 Å². The zero-order chi connectivity index (χ0) is 32.6. The van der Waals surface area contributed by atoms with Crippen LogP contribution in [0, 0.1) is 10.1 Å². The number of ether oxygens (including phenoxy) is 1. The number of carboxylic acid groups (broad SMARTS) is 2. The van der Waals surface area contributed by atoms with Gasteiger partial charge in [0.1, 0.15) is 18.5 Å². The van der Waals surface area contributed by atoms with Gasteiger partial charge in [-0.05, 0) is 50.1 Å². The molecule has 0 bridgehead atoms. The number of aliphatic carboxylic acids is 2. The van der Waals surface area contributed by atoms with Crippen LogP contribution in [0.15, 0.2) is 71.1 Å². The SMILES string of the molecule is CC1=C(C(=O)O)C(c2cccc([N+](=O)[O-])c2)C(C(=O)O)=C(C)N1CCCC(=O)Nc1ccc(OCC(O)CNC(C)C)cc1.O. The molecule has 7 N–H and O–H groups in total. The van der Waals surface area contributed by atoms with Gasteiger partial charge in [-0.2, -0.15) is 0 Å². The Hall–Kier alpha value is -4.79. The highest BCUT2D eigenvalue weighted by atomic mass is 16.6. The van der Waals surface area contributed by atoms with Gasteiger partial charge in [0.15, 0.2) is 0 Å². The summed E-state index contributed by atoms with van der Waals surface area (Å²) in [5.74, 6) is -3.67. The number of amides is 1. The summed E-state index contributed by atoms with van der Waals surface area (Å²) in [5.41, 5.74) is 0.609. The number of nitrogens with one attached hydrogen (secondary N) is 2. The van der Waals surface area contributed by atoms with E-state index in [0.717, 1.165) is 0 Å². The van der Waals surface area contributed by atoms with Crippen molar-refractivity contribution in [3.63, 3.8) is 0 Å². The molecule has 45 heavy (non-hydrogen) atoms. The summed E-state index contributed by atoms with van der Waals surface area (Å²) in [6, 6.07) is 12.2. The molecule has 2 aromatic rings. The number of hydrogen-bond acceptors (Lipinski definition) is 9.